The Morgan fingerprint density at radius 1 is 1.16 bits per heavy atom. The molecular weight excluding hydrogens is 356 g/mol. The molecule has 0 aliphatic heterocycles. The van der Waals surface area contributed by atoms with E-state index < -0.39 is 0 Å². The molecule has 0 unspecified atom stereocenters. The van der Waals surface area contributed by atoms with Crippen molar-refractivity contribution in [3.63, 3.8) is 0 Å². The van der Waals surface area contributed by atoms with Gasteiger partial charge in [0.25, 0.3) is 0 Å². The van der Waals surface area contributed by atoms with Gasteiger partial charge < -0.3 is 10.4 Å². The number of benzene rings is 2. The lowest BCUT2D eigenvalue weighted by Gasteiger charge is -2.09. The zero-order chi connectivity index (χ0) is 14.0. The first kappa shape index (κ1) is 14.4. The molecule has 2 N–H and O–H groups in total. The molecule has 0 aromatic heterocycles. The summed E-state index contributed by atoms with van der Waals surface area (Å²) in [5, 5.41) is 12.9. The van der Waals surface area contributed by atoms with Crippen LogP contribution in [-0.4, -0.2) is 5.11 Å². The van der Waals surface area contributed by atoms with Gasteiger partial charge in [-0.3, -0.25) is 0 Å². The Morgan fingerprint density at radius 3 is 2.37 bits per heavy atom. The summed E-state index contributed by atoms with van der Waals surface area (Å²) in [4.78, 5) is 0. The van der Waals surface area contributed by atoms with Crippen molar-refractivity contribution in [3.8, 4) is 5.75 Å². The van der Waals surface area contributed by atoms with Gasteiger partial charge in [-0.1, -0.05) is 29.3 Å². The zero-order valence-corrected chi connectivity index (χ0v) is 12.7. The molecule has 0 fully saturated rings. The number of hydrogen-bond donors (Lipinski definition) is 2. The monoisotopic (exact) mass is 363 g/mol. The van der Waals surface area contributed by atoms with Crippen molar-refractivity contribution in [2.24, 2.45) is 0 Å². The van der Waals surface area contributed by atoms with Crippen molar-refractivity contribution in [2.45, 2.75) is 6.54 Å². The minimum atomic E-state index is -0.306. The third-order valence-electron chi connectivity index (χ3n) is 2.50. The summed E-state index contributed by atoms with van der Waals surface area (Å²) in [6, 6.07) is 7.89. The van der Waals surface area contributed by atoms with Gasteiger partial charge in [0.2, 0.25) is 0 Å². The molecule has 0 radical (unpaired) electrons. The third kappa shape index (κ3) is 3.53. The molecule has 6 heteroatoms. The summed E-state index contributed by atoms with van der Waals surface area (Å²) in [5.74, 6) is -0.446. The smallest absolute Gasteiger partial charge is 0.152 e. The number of aromatic hydroxyl groups is 1. The van der Waals surface area contributed by atoms with E-state index in [4.69, 9.17) is 23.2 Å². The van der Waals surface area contributed by atoms with Gasteiger partial charge in [0.1, 0.15) is 5.82 Å². The first-order chi connectivity index (χ1) is 8.97. The molecule has 0 aliphatic carbocycles. The average Bonchev–Trinajstić information content (AvgIpc) is 2.37. The largest absolute Gasteiger partial charge is 0.505 e. The highest BCUT2D eigenvalue weighted by molar-refractivity contribution is 9.10. The fraction of sp³-hybridized carbons (Fsp3) is 0.0769. The highest BCUT2D eigenvalue weighted by atomic mass is 79.9. The maximum atomic E-state index is 13.1. The Labute approximate surface area is 128 Å². The van der Waals surface area contributed by atoms with E-state index in [1.165, 1.54) is 6.07 Å². The van der Waals surface area contributed by atoms with E-state index in [0.717, 1.165) is 5.56 Å². The van der Waals surface area contributed by atoms with Crippen LogP contribution < -0.4 is 5.32 Å². The fourth-order valence-corrected chi connectivity index (χ4v) is 2.43. The van der Waals surface area contributed by atoms with Crippen LogP contribution in [-0.2, 0) is 6.54 Å². The Balaban J connectivity index is 2.12. The molecule has 0 aliphatic rings. The Morgan fingerprint density at radius 2 is 1.79 bits per heavy atom. The van der Waals surface area contributed by atoms with Crippen LogP contribution in [0.15, 0.2) is 34.8 Å². The van der Waals surface area contributed by atoms with Crippen LogP contribution in [0.25, 0.3) is 0 Å². The van der Waals surface area contributed by atoms with E-state index in [0.29, 0.717) is 16.7 Å². The number of hydrogen-bond acceptors (Lipinski definition) is 2. The van der Waals surface area contributed by atoms with Crippen molar-refractivity contribution in [2.75, 3.05) is 5.32 Å². The summed E-state index contributed by atoms with van der Waals surface area (Å²) in [7, 11) is 0. The van der Waals surface area contributed by atoms with Crippen LogP contribution in [0.1, 0.15) is 5.56 Å². The maximum Gasteiger partial charge on any atom is 0.152 e. The van der Waals surface area contributed by atoms with E-state index in [2.05, 4.69) is 21.2 Å². The number of phenols is 1. The molecule has 0 saturated carbocycles. The first-order valence-corrected chi connectivity index (χ1v) is 6.88. The second-order valence-corrected chi connectivity index (χ2v) is 5.56. The molecule has 0 spiro atoms. The third-order valence-corrected chi connectivity index (χ3v) is 3.68. The van der Waals surface area contributed by atoms with Crippen LogP contribution in [0.2, 0.25) is 10.0 Å². The molecule has 2 nitrogen and oxygen atoms in total. The second-order valence-electron chi connectivity index (χ2n) is 3.89. The van der Waals surface area contributed by atoms with Crippen molar-refractivity contribution >= 4 is 44.8 Å². The van der Waals surface area contributed by atoms with E-state index in [-0.39, 0.29) is 21.6 Å². The van der Waals surface area contributed by atoms with Crippen molar-refractivity contribution in [1.29, 1.82) is 0 Å². The predicted octanol–water partition coefficient (Wildman–Crippen LogP) is 5.21. The Hall–Kier alpha value is -0.970. The maximum absolute atomic E-state index is 13.1. The van der Waals surface area contributed by atoms with Gasteiger partial charge in [0, 0.05) is 12.2 Å². The summed E-state index contributed by atoms with van der Waals surface area (Å²) in [6.07, 6.45) is 0. The van der Waals surface area contributed by atoms with E-state index in [1.807, 2.05) is 0 Å². The van der Waals surface area contributed by atoms with Gasteiger partial charge >= 0.3 is 0 Å². The molecule has 0 bridgehead atoms. The molecular formula is C13H9BrCl2FNO. The first-order valence-electron chi connectivity index (χ1n) is 5.33. The molecule has 2 aromatic carbocycles. The fourth-order valence-electron chi connectivity index (χ4n) is 1.52. The highest BCUT2D eigenvalue weighted by Gasteiger charge is 2.07. The second kappa shape index (κ2) is 5.99. The summed E-state index contributed by atoms with van der Waals surface area (Å²) in [5.41, 5.74) is 1.57. The number of anilines is 1. The number of nitrogens with one attached hydrogen (secondary N) is 1. The SMILES string of the molecule is Oc1c(Cl)cc(NCc2ccc(F)c(Br)c2)cc1Cl. The van der Waals surface area contributed by atoms with Crippen LogP contribution in [0.4, 0.5) is 10.1 Å². The van der Waals surface area contributed by atoms with Gasteiger partial charge in [-0.05, 0) is 45.8 Å². The minimum absolute atomic E-state index is 0.140. The number of phenolic OH excluding ortho intramolecular Hbond substituents is 1. The average molecular weight is 365 g/mol. The molecule has 0 amide bonds. The minimum Gasteiger partial charge on any atom is -0.505 e. The molecule has 0 atom stereocenters. The van der Waals surface area contributed by atoms with Gasteiger partial charge in [0.15, 0.2) is 5.75 Å². The summed E-state index contributed by atoms with van der Waals surface area (Å²) < 4.78 is 13.5. The van der Waals surface area contributed by atoms with Gasteiger partial charge in [-0.15, -0.1) is 0 Å². The topological polar surface area (TPSA) is 32.3 Å². The predicted molar refractivity (Wildman–Crippen MR) is 79.6 cm³/mol. The quantitative estimate of drug-likeness (QED) is 0.732. The lowest BCUT2D eigenvalue weighted by Crippen LogP contribution is -1.99. The summed E-state index contributed by atoms with van der Waals surface area (Å²) >= 11 is 14.8. The van der Waals surface area contributed by atoms with Crippen LogP contribution in [0.5, 0.6) is 5.75 Å². The molecule has 100 valence electrons. The zero-order valence-electron chi connectivity index (χ0n) is 9.55. The van der Waals surface area contributed by atoms with E-state index in [9.17, 15) is 9.50 Å². The van der Waals surface area contributed by atoms with Gasteiger partial charge in [0.05, 0.1) is 14.5 Å². The van der Waals surface area contributed by atoms with Crippen molar-refractivity contribution < 1.29 is 9.50 Å². The molecule has 0 saturated heterocycles. The standard InChI is InChI=1S/C13H9BrCl2FNO/c14-9-3-7(1-2-12(9)17)6-18-8-4-10(15)13(19)11(16)5-8/h1-5,18-19H,6H2. The van der Waals surface area contributed by atoms with E-state index >= 15 is 0 Å². The van der Waals surface area contributed by atoms with Crippen molar-refractivity contribution in [1.82, 2.24) is 0 Å². The molecule has 0 heterocycles. The normalized spacial score (nSPS) is 10.5. The Bertz CT molecular complexity index is 599. The number of rotatable bonds is 3. The van der Waals surface area contributed by atoms with Crippen LogP contribution in [0.3, 0.4) is 0 Å². The van der Waals surface area contributed by atoms with Gasteiger partial charge in [-0.25, -0.2) is 4.39 Å². The van der Waals surface area contributed by atoms with Crippen molar-refractivity contribution in [3.05, 3.63) is 56.2 Å². The molecule has 2 aromatic rings. The Kier molecular flexibility index (Phi) is 4.55. The van der Waals surface area contributed by atoms with E-state index in [1.54, 1.807) is 24.3 Å². The lowest BCUT2D eigenvalue weighted by molar-refractivity contribution is 0.476. The van der Waals surface area contributed by atoms with Crippen LogP contribution in [0, 0.1) is 5.82 Å². The molecule has 19 heavy (non-hydrogen) atoms. The number of halogens is 4. The lowest BCUT2D eigenvalue weighted by atomic mass is 10.2. The molecule has 2 rings (SSSR count). The highest BCUT2D eigenvalue weighted by Crippen LogP contribution is 2.34. The summed E-state index contributed by atoms with van der Waals surface area (Å²) in [6.45, 7) is 0.482. The van der Waals surface area contributed by atoms with Crippen LogP contribution >= 0.6 is 39.1 Å². The van der Waals surface area contributed by atoms with Gasteiger partial charge in [-0.2, -0.15) is 0 Å².